The molecule has 0 bridgehead atoms. The first-order chi connectivity index (χ1) is 12.6. The van der Waals surface area contributed by atoms with Gasteiger partial charge in [0.1, 0.15) is 0 Å². The normalized spacial score (nSPS) is 20.3. The summed E-state index contributed by atoms with van der Waals surface area (Å²) in [5.41, 5.74) is 0. The molecule has 150 valence electrons. The first kappa shape index (κ1) is 20.8. The Balaban J connectivity index is 1.59. The van der Waals surface area contributed by atoms with E-state index >= 15 is 0 Å². The van der Waals surface area contributed by atoms with Crippen molar-refractivity contribution < 1.29 is 9.53 Å². The molecule has 2 aliphatic heterocycles. The molecule has 1 amide bonds. The fraction of sp³-hybridized carbons (Fsp3) is 0.889. The average molecular weight is 369 g/mol. The number of nitrogens with one attached hydrogen (secondary N) is 1. The van der Waals surface area contributed by atoms with Crippen LogP contribution < -0.4 is 5.32 Å². The first-order valence-corrected chi connectivity index (χ1v) is 9.92. The Morgan fingerprint density at radius 2 is 1.65 bits per heavy atom. The topological polar surface area (TPSA) is 63.7 Å². The van der Waals surface area contributed by atoms with E-state index in [4.69, 9.17) is 4.74 Å². The summed E-state index contributed by atoms with van der Waals surface area (Å²) < 4.78 is 5.07. The quantitative estimate of drug-likeness (QED) is 0.415. The first-order valence-electron chi connectivity index (χ1n) is 9.92. The number of unbranched alkanes of at least 4 members (excludes halogenated alkanes) is 1. The fourth-order valence-corrected chi connectivity index (χ4v) is 3.38. The van der Waals surface area contributed by atoms with Gasteiger partial charge in [-0.2, -0.15) is 0 Å². The lowest BCUT2D eigenvalue weighted by molar-refractivity contribution is 0.0914. The minimum atomic E-state index is -0.209. The van der Waals surface area contributed by atoms with Crippen LogP contribution in [0.2, 0.25) is 0 Å². The summed E-state index contributed by atoms with van der Waals surface area (Å²) in [6.07, 6.45) is 2.15. The summed E-state index contributed by atoms with van der Waals surface area (Å²) in [6, 6.07) is 0. The maximum absolute atomic E-state index is 11.8. The van der Waals surface area contributed by atoms with Crippen LogP contribution in [-0.2, 0) is 4.74 Å². The molecule has 8 nitrogen and oxygen atoms in total. The maximum atomic E-state index is 11.8. The number of rotatable bonds is 6. The van der Waals surface area contributed by atoms with Crippen molar-refractivity contribution in [3.8, 4) is 0 Å². The minimum absolute atomic E-state index is 0.209. The van der Waals surface area contributed by atoms with Gasteiger partial charge >= 0.3 is 6.09 Å². The summed E-state index contributed by atoms with van der Waals surface area (Å²) in [4.78, 5) is 25.1. The van der Waals surface area contributed by atoms with Crippen molar-refractivity contribution in [1.29, 1.82) is 0 Å². The molecule has 2 rings (SSSR count). The molecule has 2 saturated heterocycles. The van der Waals surface area contributed by atoms with E-state index in [2.05, 4.69) is 32.1 Å². The zero-order chi connectivity index (χ0) is 18.8. The van der Waals surface area contributed by atoms with Gasteiger partial charge in [-0.25, -0.2) is 4.79 Å². The zero-order valence-electron chi connectivity index (χ0n) is 16.7. The number of carbonyl (C=O) groups excluding carboxylic acids is 1. The van der Waals surface area contributed by atoms with E-state index in [1.165, 1.54) is 39.1 Å². The molecule has 2 heterocycles. The average Bonchev–Trinajstić information content (AvgIpc) is 2.66. The van der Waals surface area contributed by atoms with E-state index in [9.17, 15) is 4.79 Å². The van der Waals surface area contributed by atoms with Crippen LogP contribution in [0.3, 0.4) is 0 Å². The van der Waals surface area contributed by atoms with Gasteiger partial charge in [-0.15, -0.1) is 0 Å². The van der Waals surface area contributed by atoms with Crippen LogP contribution in [0.1, 0.15) is 19.8 Å². The van der Waals surface area contributed by atoms with Gasteiger partial charge in [0.2, 0.25) is 0 Å². The molecular formula is C18H36N6O2. The van der Waals surface area contributed by atoms with Crippen LogP contribution in [0.5, 0.6) is 0 Å². The molecule has 0 spiro atoms. The molecule has 0 aromatic rings. The van der Waals surface area contributed by atoms with Gasteiger partial charge in [-0.05, 0) is 33.4 Å². The SMILES string of the molecule is CCOC(=O)N1CCN(C(=NC)NCCCCN2CCN(C)CC2)CC1. The Morgan fingerprint density at radius 1 is 1.00 bits per heavy atom. The largest absolute Gasteiger partial charge is 0.450 e. The lowest BCUT2D eigenvalue weighted by atomic mass is 10.2. The van der Waals surface area contributed by atoms with Crippen LogP contribution >= 0.6 is 0 Å². The molecule has 0 unspecified atom stereocenters. The van der Waals surface area contributed by atoms with Crippen LogP contribution in [-0.4, -0.2) is 118 Å². The number of guanidine groups is 1. The molecule has 0 aromatic carbocycles. The summed E-state index contributed by atoms with van der Waals surface area (Å²) in [6.45, 7) is 12.1. The third-order valence-corrected chi connectivity index (χ3v) is 5.10. The lowest BCUT2D eigenvalue weighted by Gasteiger charge is -2.36. The summed E-state index contributed by atoms with van der Waals surface area (Å²) in [5, 5.41) is 3.47. The molecule has 1 N–H and O–H groups in total. The second-order valence-electron chi connectivity index (χ2n) is 7.00. The smallest absolute Gasteiger partial charge is 0.409 e. The van der Waals surface area contributed by atoms with Crippen molar-refractivity contribution >= 4 is 12.1 Å². The zero-order valence-corrected chi connectivity index (χ0v) is 16.7. The highest BCUT2D eigenvalue weighted by Crippen LogP contribution is 2.05. The van der Waals surface area contributed by atoms with Gasteiger partial charge in [-0.3, -0.25) is 4.99 Å². The molecule has 0 aliphatic carbocycles. The highest BCUT2D eigenvalue weighted by Gasteiger charge is 2.23. The standard InChI is InChI=1S/C18H36N6O2/c1-4-26-18(25)24-15-13-23(14-16-24)17(19-2)20-7-5-6-8-22-11-9-21(3)10-12-22/h4-16H2,1-3H3,(H,19,20). The van der Waals surface area contributed by atoms with E-state index in [0.717, 1.165) is 32.0 Å². The van der Waals surface area contributed by atoms with E-state index in [1.807, 2.05) is 14.0 Å². The third-order valence-electron chi connectivity index (χ3n) is 5.10. The number of hydrogen-bond donors (Lipinski definition) is 1. The molecule has 0 aromatic heterocycles. The van der Waals surface area contributed by atoms with E-state index in [-0.39, 0.29) is 6.09 Å². The Kier molecular flexibility index (Phi) is 8.97. The Morgan fingerprint density at radius 3 is 2.27 bits per heavy atom. The monoisotopic (exact) mass is 368 g/mol. The fourth-order valence-electron chi connectivity index (χ4n) is 3.38. The predicted molar refractivity (Wildman–Crippen MR) is 105 cm³/mol. The van der Waals surface area contributed by atoms with Gasteiger partial charge in [0, 0.05) is 66.0 Å². The van der Waals surface area contributed by atoms with Gasteiger partial charge in [-0.1, -0.05) is 0 Å². The number of piperazine rings is 2. The molecule has 2 fully saturated rings. The highest BCUT2D eigenvalue weighted by atomic mass is 16.6. The van der Waals surface area contributed by atoms with E-state index in [1.54, 1.807) is 4.90 Å². The number of likely N-dealkylation sites (N-methyl/N-ethyl adjacent to an activating group) is 1. The van der Waals surface area contributed by atoms with E-state index < -0.39 is 0 Å². The van der Waals surface area contributed by atoms with Crippen LogP contribution in [0.15, 0.2) is 4.99 Å². The Labute approximate surface area is 158 Å². The molecule has 26 heavy (non-hydrogen) atoms. The van der Waals surface area contributed by atoms with Crippen LogP contribution in [0.4, 0.5) is 4.79 Å². The van der Waals surface area contributed by atoms with Crippen LogP contribution in [0.25, 0.3) is 0 Å². The molecule has 0 radical (unpaired) electrons. The summed E-state index contributed by atoms with van der Waals surface area (Å²) in [7, 11) is 4.02. The molecule has 0 saturated carbocycles. The molecule has 2 aliphatic rings. The van der Waals surface area contributed by atoms with Gasteiger partial charge < -0.3 is 29.7 Å². The van der Waals surface area contributed by atoms with Crippen molar-refractivity contribution in [2.45, 2.75) is 19.8 Å². The van der Waals surface area contributed by atoms with Gasteiger partial charge in [0.25, 0.3) is 0 Å². The maximum Gasteiger partial charge on any atom is 0.409 e. The van der Waals surface area contributed by atoms with Crippen molar-refractivity contribution in [3.05, 3.63) is 0 Å². The number of amides is 1. The molecular weight excluding hydrogens is 332 g/mol. The number of ether oxygens (including phenoxy) is 1. The van der Waals surface area contributed by atoms with Crippen LogP contribution in [0, 0.1) is 0 Å². The minimum Gasteiger partial charge on any atom is -0.450 e. The third kappa shape index (κ3) is 6.64. The summed E-state index contributed by atoms with van der Waals surface area (Å²) in [5.74, 6) is 0.938. The Bertz CT molecular complexity index is 443. The number of hydrogen-bond acceptors (Lipinski definition) is 5. The second-order valence-corrected chi connectivity index (χ2v) is 7.00. The van der Waals surface area contributed by atoms with Crippen molar-refractivity contribution in [1.82, 2.24) is 24.9 Å². The predicted octanol–water partition coefficient (Wildman–Crippen LogP) is 0.364. The second kappa shape index (κ2) is 11.2. The number of nitrogens with zero attached hydrogens (tertiary/aromatic N) is 5. The van der Waals surface area contributed by atoms with Crippen molar-refractivity contribution in [3.63, 3.8) is 0 Å². The van der Waals surface area contributed by atoms with E-state index in [0.29, 0.717) is 19.7 Å². The van der Waals surface area contributed by atoms with Crippen molar-refractivity contribution in [2.24, 2.45) is 4.99 Å². The lowest BCUT2D eigenvalue weighted by Crippen LogP contribution is -2.54. The Hall–Kier alpha value is -1.54. The van der Waals surface area contributed by atoms with Crippen molar-refractivity contribution in [2.75, 3.05) is 86.1 Å². The summed E-state index contributed by atoms with van der Waals surface area (Å²) >= 11 is 0. The molecule has 0 atom stereocenters. The van der Waals surface area contributed by atoms with Gasteiger partial charge in [0.05, 0.1) is 6.61 Å². The number of carbonyl (C=O) groups is 1. The van der Waals surface area contributed by atoms with Gasteiger partial charge in [0.15, 0.2) is 5.96 Å². The number of aliphatic imine (C=N–C) groups is 1. The highest BCUT2D eigenvalue weighted by molar-refractivity contribution is 5.80. The molecule has 8 heteroatoms.